The third-order valence-electron chi connectivity index (χ3n) is 11.0. The second-order valence-electron chi connectivity index (χ2n) is 13.8. The molecule has 0 aliphatic heterocycles. The zero-order valence-corrected chi connectivity index (χ0v) is 30.0. The molecule has 0 fully saturated rings. The molecule has 1 aliphatic carbocycles. The molecule has 11 rings (SSSR count). The highest BCUT2D eigenvalue weighted by Crippen LogP contribution is 2.48. The Morgan fingerprint density at radius 1 is 0.404 bits per heavy atom. The van der Waals surface area contributed by atoms with Crippen LogP contribution in [-0.4, -0.2) is 0 Å². The van der Waals surface area contributed by atoms with Gasteiger partial charge in [-0.15, -0.1) is 22.7 Å². The summed E-state index contributed by atoms with van der Waals surface area (Å²) in [5.41, 5.74) is 9.33. The second-order valence-corrected chi connectivity index (χ2v) is 15.9. The van der Waals surface area contributed by atoms with Crippen LogP contribution < -0.4 is 0 Å². The number of hydrogen-bond acceptors (Lipinski definition) is 2. The van der Waals surface area contributed by atoms with Gasteiger partial charge in [0.2, 0.25) is 0 Å². The van der Waals surface area contributed by atoms with Gasteiger partial charge in [-0.05, 0) is 119 Å². The summed E-state index contributed by atoms with van der Waals surface area (Å²) in [6.07, 6.45) is 8.98. The van der Waals surface area contributed by atoms with Crippen LogP contribution in [0, 0.1) is 0 Å². The summed E-state index contributed by atoms with van der Waals surface area (Å²) < 4.78 is 2.65. The number of allylic oxidation sites excluding steroid dienone is 4. The molecule has 2 heterocycles. The second kappa shape index (κ2) is 11.9. The van der Waals surface area contributed by atoms with Crippen LogP contribution in [0.1, 0.15) is 18.4 Å². The van der Waals surface area contributed by atoms with E-state index in [1.807, 2.05) is 22.7 Å². The van der Waals surface area contributed by atoms with E-state index in [4.69, 9.17) is 0 Å². The molecule has 0 atom stereocenters. The average Bonchev–Trinajstić information content (AvgIpc) is 3.87. The highest BCUT2D eigenvalue weighted by atomic mass is 32.1. The molecule has 2 aromatic heterocycles. The number of rotatable bonds is 4. The fourth-order valence-electron chi connectivity index (χ4n) is 8.81. The van der Waals surface area contributed by atoms with Crippen LogP contribution in [-0.2, 0) is 0 Å². The SMILES string of the molecule is C1=CCCC(c2c3ccccc3c(-c3ccc4c(c3)sc3ccc(-c5c6ccccc6c(-c6cccs6)c6ccccc56)cc34)c3ccccc23)=C1. The Morgan fingerprint density at radius 2 is 0.942 bits per heavy atom. The maximum Gasteiger partial charge on any atom is 0.0361 e. The predicted molar refractivity (Wildman–Crippen MR) is 230 cm³/mol. The van der Waals surface area contributed by atoms with Gasteiger partial charge in [-0.2, -0.15) is 0 Å². The van der Waals surface area contributed by atoms with Gasteiger partial charge >= 0.3 is 0 Å². The summed E-state index contributed by atoms with van der Waals surface area (Å²) in [6.45, 7) is 0. The molecule has 1 aliphatic rings. The molecule has 0 nitrogen and oxygen atoms in total. The normalized spacial score (nSPS) is 13.3. The molecule has 0 amide bonds. The summed E-state index contributed by atoms with van der Waals surface area (Å²) in [4.78, 5) is 1.31. The van der Waals surface area contributed by atoms with Gasteiger partial charge in [0, 0.05) is 30.6 Å². The minimum Gasteiger partial charge on any atom is -0.144 e. The lowest BCUT2D eigenvalue weighted by Crippen LogP contribution is -1.95. The molecule has 10 aromatic rings. The van der Waals surface area contributed by atoms with Crippen LogP contribution >= 0.6 is 22.7 Å². The zero-order valence-electron chi connectivity index (χ0n) is 28.4. The van der Waals surface area contributed by atoms with Gasteiger partial charge in [-0.3, -0.25) is 0 Å². The van der Waals surface area contributed by atoms with Gasteiger partial charge in [0.1, 0.15) is 0 Å². The molecule has 52 heavy (non-hydrogen) atoms. The largest absolute Gasteiger partial charge is 0.144 e. The molecule has 244 valence electrons. The first-order valence-electron chi connectivity index (χ1n) is 18.1. The van der Waals surface area contributed by atoms with Gasteiger partial charge in [0.25, 0.3) is 0 Å². The van der Waals surface area contributed by atoms with Crippen molar-refractivity contribution in [1.29, 1.82) is 0 Å². The summed E-state index contributed by atoms with van der Waals surface area (Å²) in [5, 5.41) is 15.3. The van der Waals surface area contributed by atoms with Crippen LogP contribution in [0.2, 0.25) is 0 Å². The topological polar surface area (TPSA) is 0 Å². The Kier molecular flexibility index (Phi) is 6.83. The Bertz CT molecular complexity index is 3000. The average molecular weight is 697 g/mol. The standard InChI is InChI=1S/C50H32S2/c1-2-13-31(14-3-1)47-35-15-4-6-17-37(35)49(38-18-7-5-16-36(38)47)33-24-26-34-43-29-32(25-27-44(43)52-46(34)30-33)48-39-19-8-10-21-41(39)50(45-23-12-28-51-45)42-22-11-9-20-40(42)48/h1-2,4-13,15-30H,3,14H2. The van der Waals surface area contributed by atoms with Crippen LogP contribution in [0.25, 0.3) is 102 Å². The molecule has 0 saturated heterocycles. The van der Waals surface area contributed by atoms with Crippen molar-refractivity contribution in [1.82, 2.24) is 0 Å². The molecular formula is C50H32S2. The van der Waals surface area contributed by atoms with Crippen molar-refractivity contribution < 1.29 is 0 Å². The van der Waals surface area contributed by atoms with E-state index in [1.165, 1.54) is 107 Å². The molecular weight excluding hydrogens is 665 g/mol. The summed E-state index contributed by atoms with van der Waals surface area (Å²) in [7, 11) is 0. The monoisotopic (exact) mass is 696 g/mol. The van der Waals surface area contributed by atoms with E-state index in [0.29, 0.717) is 0 Å². The highest BCUT2D eigenvalue weighted by Gasteiger charge is 2.20. The minimum atomic E-state index is 1.07. The lowest BCUT2D eigenvalue weighted by molar-refractivity contribution is 1.06. The Balaban J connectivity index is 1.12. The maximum absolute atomic E-state index is 2.44. The van der Waals surface area contributed by atoms with Crippen molar-refractivity contribution in [3.63, 3.8) is 0 Å². The van der Waals surface area contributed by atoms with Crippen LogP contribution in [0.3, 0.4) is 0 Å². The number of benzene rings is 8. The molecule has 0 N–H and O–H groups in total. The van der Waals surface area contributed by atoms with E-state index >= 15 is 0 Å². The first kappa shape index (κ1) is 29.9. The van der Waals surface area contributed by atoms with E-state index in [2.05, 4.69) is 169 Å². The van der Waals surface area contributed by atoms with Crippen molar-refractivity contribution >= 4 is 91.5 Å². The van der Waals surface area contributed by atoms with E-state index in [9.17, 15) is 0 Å². The van der Waals surface area contributed by atoms with Crippen molar-refractivity contribution in [3.8, 4) is 32.7 Å². The maximum atomic E-state index is 2.44. The fraction of sp³-hybridized carbons (Fsp3) is 0.0400. The number of thiophene rings is 2. The third kappa shape index (κ3) is 4.51. The predicted octanol–water partition coefficient (Wildman–Crippen LogP) is 15.5. The minimum absolute atomic E-state index is 1.07. The molecule has 8 aromatic carbocycles. The Labute approximate surface area is 310 Å². The summed E-state index contributed by atoms with van der Waals surface area (Å²) in [5.74, 6) is 0. The van der Waals surface area contributed by atoms with Crippen molar-refractivity contribution in [2.45, 2.75) is 12.8 Å². The fourth-order valence-corrected chi connectivity index (χ4v) is 10.7. The first-order valence-corrected chi connectivity index (χ1v) is 19.8. The lowest BCUT2D eigenvalue weighted by Gasteiger charge is -2.20. The smallest absolute Gasteiger partial charge is 0.0361 e. The molecule has 0 saturated carbocycles. The van der Waals surface area contributed by atoms with Gasteiger partial charge in [0.05, 0.1) is 0 Å². The van der Waals surface area contributed by atoms with E-state index in [0.717, 1.165) is 12.8 Å². The van der Waals surface area contributed by atoms with Gasteiger partial charge in [-0.1, -0.05) is 140 Å². The Hall–Kier alpha value is -5.80. The number of fused-ring (bicyclic) bond motifs is 7. The molecule has 0 radical (unpaired) electrons. The molecule has 0 unspecified atom stereocenters. The summed E-state index contributed by atoms with van der Waals surface area (Å²) >= 11 is 3.72. The molecule has 2 heteroatoms. The Morgan fingerprint density at radius 3 is 1.48 bits per heavy atom. The quantitative estimate of drug-likeness (QED) is 0.161. The summed E-state index contributed by atoms with van der Waals surface area (Å²) in [6, 6.07) is 54.7. The van der Waals surface area contributed by atoms with Crippen molar-refractivity contribution in [2.24, 2.45) is 0 Å². The highest BCUT2D eigenvalue weighted by molar-refractivity contribution is 7.25. The lowest BCUT2D eigenvalue weighted by atomic mass is 9.84. The third-order valence-corrected chi connectivity index (χ3v) is 13.0. The van der Waals surface area contributed by atoms with Crippen LogP contribution in [0.15, 0.2) is 169 Å². The first-order chi connectivity index (χ1) is 25.8. The van der Waals surface area contributed by atoms with E-state index in [-0.39, 0.29) is 0 Å². The van der Waals surface area contributed by atoms with E-state index in [1.54, 1.807) is 0 Å². The zero-order chi connectivity index (χ0) is 34.2. The number of hydrogen-bond donors (Lipinski definition) is 0. The molecule has 0 spiro atoms. The van der Waals surface area contributed by atoms with Gasteiger partial charge in [-0.25, -0.2) is 0 Å². The van der Waals surface area contributed by atoms with Crippen molar-refractivity contribution in [2.75, 3.05) is 0 Å². The van der Waals surface area contributed by atoms with E-state index < -0.39 is 0 Å². The van der Waals surface area contributed by atoms with Gasteiger partial charge in [0.15, 0.2) is 0 Å². The van der Waals surface area contributed by atoms with Gasteiger partial charge < -0.3 is 0 Å². The van der Waals surface area contributed by atoms with Crippen LogP contribution in [0.4, 0.5) is 0 Å². The molecule has 0 bridgehead atoms. The van der Waals surface area contributed by atoms with Crippen molar-refractivity contribution in [3.05, 3.63) is 175 Å². The van der Waals surface area contributed by atoms with Crippen LogP contribution in [0.5, 0.6) is 0 Å².